The van der Waals surface area contributed by atoms with Crippen molar-refractivity contribution in [2.24, 2.45) is 5.73 Å². The second kappa shape index (κ2) is 10.3. The van der Waals surface area contributed by atoms with E-state index in [4.69, 9.17) is 10.8 Å². The highest BCUT2D eigenvalue weighted by Crippen LogP contribution is 2.03. The van der Waals surface area contributed by atoms with Gasteiger partial charge in [-0.2, -0.15) is 0 Å². The van der Waals surface area contributed by atoms with Crippen LogP contribution in [0.15, 0.2) is 0 Å². The lowest BCUT2D eigenvalue weighted by atomic mass is 10.1. The smallest absolute Gasteiger partial charge is 0.326 e. The predicted octanol–water partition coefficient (Wildman–Crippen LogP) is 0.0281. The molecule has 0 saturated carbocycles. The number of nitrogens with one attached hydrogen (secondary N) is 1. The van der Waals surface area contributed by atoms with Crippen LogP contribution in [0.1, 0.15) is 38.5 Å². The molecule has 0 aliphatic heterocycles. The monoisotopic (exact) mass is 274 g/mol. The van der Waals surface area contributed by atoms with Crippen LogP contribution >= 0.6 is 0 Å². The Morgan fingerprint density at radius 3 is 2.42 bits per heavy atom. The number of unbranched alkanes of at least 4 members (excludes halogenated alkanes) is 2. The van der Waals surface area contributed by atoms with Crippen LogP contribution in [0.2, 0.25) is 0 Å². The minimum Gasteiger partial charge on any atom is -0.480 e. The Bertz CT molecular complexity index is 306. The van der Waals surface area contributed by atoms with E-state index < -0.39 is 18.0 Å². The van der Waals surface area contributed by atoms with E-state index in [-0.39, 0.29) is 25.2 Å². The van der Waals surface area contributed by atoms with Crippen molar-refractivity contribution < 1.29 is 24.2 Å². The maximum atomic E-state index is 11.5. The van der Waals surface area contributed by atoms with Gasteiger partial charge in [0.2, 0.25) is 5.91 Å². The van der Waals surface area contributed by atoms with Gasteiger partial charge >= 0.3 is 11.9 Å². The maximum absolute atomic E-state index is 11.5. The van der Waals surface area contributed by atoms with E-state index in [0.29, 0.717) is 13.0 Å². The molecule has 0 aliphatic carbocycles. The highest BCUT2D eigenvalue weighted by atomic mass is 16.5. The molecule has 0 rings (SSSR count). The van der Waals surface area contributed by atoms with Crippen molar-refractivity contribution in [2.45, 2.75) is 44.6 Å². The van der Waals surface area contributed by atoms with Gasteiger partial charge in [0, 0.05) is 12.8 Å². The van der Waals surface area contributed by atoms with E-state index in [1.165, 1.54) is 7.11 Å². The van der Waals surface area contributed by atoms with Gasteiger partial charge in [0.15, 0.2) is 0 Å². The number of carbonyl (C=O) groups excluding carboxylic acids is 2. The maximum Gasteiger partial charge on any atom is 0.326 e. The number of carbonyl (C=O) groups is 3. The number of nitrogens with two attached hydrogens (primary N) is 1. The van der Waals surface area contributed by atoms with E-state index in [2.05, 4.69) is 10.1 Å². The molecule has 0 saturated heterocycles. The third-order valence-electron chi connectivity index (χ3n) is 2.61. The predicted molar refractivity (Wildman–Crippen MR) is 68.3 cm³/mol. The molecule has 0 aliphatic rings. The molecule has 1 amide bonds. The number of amides is 1. The molecule has 0 fully saturated rings. The molecule has 110 valence electrons. The summed E-state index contributed by atoms with van der Waals surface area (Å²) in [4.78, 5) is 33.4. The largest absolute Gasteiger partial charge is 0.480 e. The van der Waals surface area contributed by atoms with Gasteiger partial charge in [0.1, 0.15) is 6.04 Å². The molecule has 0 spiro atoms. The van der Waals surface area contributed by atoms with Crippen molar-refractivity contribution in [1.29, 1.82) is 0 Å². The number of methoxy groups -OCH3 is 1. The molecule has 7 heteroatoms. The van der Waals surface area contributed by atoms with Crippen LogP contribution in [0.5, 0.6) is 0 Å². The van der Waals surface area contributed by atoms with Crippen LogP contribution in [-0.4, -0.2) is 42.6 Å². The fraction of sp³-hybridized carbons (Fsp3) is 0.750. The van der Waals surface area contributed by atoms with Crippen LogP contribution in [0, 0.1) is 0 Å². The Morgan fingerprint density at radius 2 is 1.89 bits per heavy atom. The van der Waals surface area contributed by atoms with Gasteiger partial charge in [-0.05, 0) is 25.8 Å². The zero-order valence-electron chi connectivity index (χ0n) is 11.2. The summed E-state index contributed by atoms with van der Waals surface area (Å²) in [7, 11) is 1.23. The normalized spacial score (nSPS) is 11.7. The number of carboxylic acid groups (broad SMARTS) is 1. The first-order valence-corrected chi connectivity index (χ1v) is 6.30. The van der Waals surface area contributed by atoms with Gasteiger partial charge in [0.05, 0.1) is 7.11 Å². The Morgan fingerprint density at radius 1 is 1.21 bits per heavy atom. The summed E-state index contributed by atoms with van der Waals surface area (Å²) in [5.41, 5.74) is 5.32. The lowest BCUT2D eigenvalue weighted by Gasteiger charge is -2.13. The van der Waals surface area contributed by atoms with Crippen molar-refractivity contribution in [3.63, 3.8) is 0 Å². The molecular formula is C12H22N2O5. The molecule has 0 aromatic carbocycles. The summed E-state index contributed by atoms with van der Waals surface area (Å²) in [6, 6.07) is -1.05. The molecule has 19 heavy (non-hydrogen) atoms. The second-order valence-electron chi connectivity index (χ2n) is 4.17. The lowest BCUT2D eigenvalue weighted by molar-refractivity contribution is -0.144. The van der Waals surface area contributed by atoms with Crippen molar-refractivity contribution in [2.75, 3.05) is 13.7 Å². The van der Waals surface area contributed by atoms with Gasteiger partial charge in [-0.25, -0.2) is 4.79 Å². The minimum atomic E-state index is -1.15. The SMILES string of the molecule is COC(=O)CC[C@@H](NC(=O)CCCCCN)C(=O)O. The number of hydrogen-bond donors (Lipinski definition) is 3. The Kier molecular flexibility index (Phi) is 9.42. The highest BCUT2D eigenvalue weighted by molar-refractivity contribution is 5.83. The van der Waals surface area contributed by atoms with Crippen molar-refractivity contribution in [1.82, 2.24) is 5.32 Å². The summed E-state index contributed by atoms with van der Waals surface area (Å²) in [6.07, 6.45) is 2.60. The van der Waals surface area contributed by atoms with Crippen LogP contribution in [-0.2, 0) is 19.1 Å². The van der Waals surface area contributed by atoms with Crippen LogP contribution < -0.4 is 11.1 Å². The molecule has 0 heterocycles. The molecule has 1 atom stereocenters. The standard InChI is InChI=1S/C12H22N2O5/c1-19-11(16)7-6-9(12(17)18)14-10(15)5-3-2-4-8-13/h9H,2-8,13H2,1H3,(H,14,15)(H,17,18)/t9-/m1/s1. The number of carboxylic acids is 1. The molecule has 0 radical (unpaired) electrons. The number of aliphatic carboxylic acids is 1. The zero-order valence-corrected chi connectivity index (χ0v) is 11.2. The van der Waals surface area contributed by atoms with Gasteiger partial charge in [0.25, 0.3) is 0 Å². The molecule has 7 nitrogen and oxygen atoms in total. The summed E-state index contributed by atoms with van der Waals surface area (Å²) in [6.45, 7) is 0.582. The first-order chi connectivity index (χ1) is 9.01. The third kappa shape index (κ3) is 9.01. The lowest BCUT2D eigenvalue weighted by Crippen LogP contribution is -2.41. The average Bonchev–Trinajstić information content (AvgIpc) is 2.38. The van der Waals surface area contributed by atoms with Crippen LogP contribution in [0.3, 0.4) is 0 Å². The highest BCUT2D eigenvalue weighted by Gasteiger charge is 2.20. The Labute approximate surface area is 112 Å². The summed E-state index contributed by atoms with van der Waals surface area (Å²) < 4.78 is 4.42. The number of hydrogen-bond acceptors (Lipinski definition) is 5. The van der Waals surface area contributed by atoms with Crippen LogP contribution in [0.25, 0.3) is 0 Å². The van der Waals surface area contributed by atoms with E-state index in [1.54, 1.807) is 0 Å². The third-order valence-corrected chi connectivity index (χ3v) is 2.61. The number of ether oxygens (including phenoxy) is 1. The van der Waals surface area contributed by atoms with Crippen molar-refractivity contribution in [3.05, 3.63) is 0 Å². The fourth-order valence-electron chi connectivity index (χ4n) is 1.49. The quantitative estimate of drug-likeness (QED) is 0.382. The van der Waals surface area contributed by atoms with Crippen LogP contribution in [0.4, 0.5) is 0 Å². The molecule has 4 N–H and O–H groups in total. The van der Waals surface area contributed by atoms with Gasteiger partial charge in [-0.15, -0.1) is 0 Å². The molecular weight excluding hydrogens is 252 g/mol. The van der Waals surface area contributed by atoms with Crippen molar-refractivity contribution >= 4 is 17.8 Å². The van der Waals surface area contributed by atoms with Crippen molar-refractivity contribution in [3.8, 4) is 0 Å². The molecule has 0 bridgehead atoms. The molecule has 0 unspecified atom stereocenters. The summed E-state index contributed by atoms with van der Waals surface area (Å²) in [5, 5.41) is 11.3. The Balaban J connectivity index is 4.01. The van der Waals surface area contributed by atoms with E-state index >= 15 is 0 Å². The average molecular weight is 274 g/mol. The first-order valence-electron chi connectivity index (χ1n) is 6.30. The van der Waals surface area contributed by atoms with E-state index in [1.807, 2.05) is 0 Å². The zero-order chi connectivity index (χ0) is 14.7. The van der Waals surface area contributed by atoms with E-state index in [9.17, 15) is 14.4 Å². The van der Waals surface area contributed by atoms with Gasteiger partial charge in [-0.1, -0.05) is 6.42 Å². The molecule has 0 aromatic rings. The van der Waals surface area contributed by atoms with E-state index in [0.717, 1.165) is 12.8 Å². The summed E-state index contributed by atoms with van der Waals surface area (Å²) >= 11 is 0. The minimum absolute atomic E-state index is 0.0244. The summed E-state index contributed by atoms with van der Waals surface area (Å²) in [5.74, 6) is -1.98. The van der Waals surface area contributed by atoms with Gasteiger partial charge in [-0.3, -0.25) is 9.59 Å². The first kappa shape index (κ1) is 17.4. The Hall–Kier alpha value is -1.63. The van der Waals surface area contributed by atoms with Gasteiger partial charge < -0.3 is 20.9 Å². The molecule has 0 aromatic heterocycles. The fourth-order valence-corrected chi connectivity index (χ4v) is 1.49. The number of rotatable bonds is 10. The topological polar surface area (TPSA) is 119 Å². The second-order valence-corrected chi connectivity index (χ2v) is 4.17. The number of esters is 1.